The molecule has 17 heavy (non-hydrogen) atoms. The maximum atomic E-state index is 6.41. The third kappa shape index (κ3) is 4.33. The molecular formula is C15H24ClN. The SMILES string of the molecule is CCCNC(CC(C)C)c1cccc(C)c1Cl. The molecule has 0 amide bonds. The summed E-state index contributed by atoms with van der Waals surface area (Å²) < 4.78 is 0. The van der Waals surface area contributed by atoms with Crippen LogP contribution < -0.4 is 5.32 Å². The fourth-order valence-electron chi connectivity index (χ4n) is 2.05. The van der Waals surface area contributed by atoms with Crippen molar-refractivity contribution in [1.82, 2.24) is 5.32 Å². The van der Waals surface area contributed by atoms with Gasteiger partial charge in [-0.15, -0.1) is 0 Å². The zero-order chi connectivity index (χ0) is 12.8. The first-order valence-corrected chi connectivity index (χ1v) is 6.92. The number of hydrogen-bond acceptors (Lipinski definition) is 1. The summed E-state index contributed by atoms with van der Waals surface area (Å²) in [6.07, 6.45) is 2.28. The molecule has 0 radical (unpaired) electrons. The van der Waals surface area contributed by atoms with Crippen LogP contribution in [0.3, 0.4) is 0 Å². The molecule has 1 aromatic rings. The number of nitrogens with one attached hydrogen (secondary N) is 1. The summed E-state index contributed by atoms with van der Waals surface area (Å²) in [5.41, 5.74) is 2.41. The van der Waals surface area contributed by atoms with Crippen LogP contribution in [0.25, 0.3) is 0 Å². The number of rotatable bonds is 6. The third-order valence-electron chi connectivity index (χ3n) is 2.94. The maximum absolute atomic E-state index is 6.41. The molecule has 1 unspecified atom stereocenters. The molecular weight excluding hydrogens is 230 g/mol. The molecule has 1 atom stereocenters. The van der Waals surface area contributed by atoms with Crippen LogP contribution in [0.5, 0.6) is 0 Å². The van der Waals surface area contributed by atoms with E-state index in [1.165, 1.54) is 5.56 Å². The summed E-state index contributed by atoms with van der Waals surface area (Å²) in [6, 6.07) is 6.68. The molecule has 0 bridgehead atoms. The Labute approximate surface area is 111 Å². The van der Waals surface area contributed by atoms with E-state index in [2.05, 4.69) is 51.2 Å². The topological polar surface area (TPSA) is 12.0 Å². The first-order valence-electron chi connectivity index (χ1n) is 6.54. The average molecular weight is 254 g/mol. The average Bonchev–Trinajstić information content (AvgIpc) is 2.28. The second-order valence-corrected chi connectivity index (χ2v) is 5.49. The molecule has 0 saturated carbocycles. The van der Waals surface area contributed by atoms with Crippen LogP contribution in [0.15, 0.2) is 18.2 Å². The van der Waals surface area contributed by atoms with E-state index in [-0.39, 0.29) is 0 Å². The van der Waals surface area contributed by atoms with Crippen LogP contribution in [0.2, 0.25) is 5.02 Å². The Morgan fingerprint density at radius 1 is 1.29 bits per heavy atom. The first-order chi connectivity index (χ1) is 8.06. The van der Waals surface area contributed by atoms with Gasteiger partial charge in [-0.05, 0) is 43.4 Å². The van der Waals surface area contributed by atoms with Crippen LogP contribution >= 0.6 is 11.6 Å². The molecule has 0 fully saturated rings. The van der Waals surface area contributed by atoms with Crippen LogP contribution in [-0.2, 0) is 0 Å². The van der Waals surface area contributed by atoms with Gasteiger partial charge in [0.2, 0.25) is 0 Å². The fraction of sp³-hybridized carbons (Fsp3) is 0.600. The van der Waals surface area contributed by atoms with Crippen molar-refractivity contribution in [2.45, 2.75) is 46.6 Å². The highest BCUT2D eigenvalue weighted by molar-refractivity contribution is 6.32. The molecule has 0 aliphatic heterocycles. The van der Waals surface area contributed by atoms with Gasteiger partial charge in [-0.2, -0.15) is 0 Å². The predicted molar refractivity (Wildman–Crippen MR) is 76.7 cm³/mol. The molecule has 1 nitrogen and oxygen atoms in total. The second kappa shape index (κ2) is 7.03. The van der Waals surface area contributed by atoms with Gasteiger partial charge in [0, 0.05) is 11.1 Å². The van der Waals surface area contributed by atoms with Gasteiger partial charge >= 0.3 is 0 Å². The minimum Gasteiger partial charge on any atom is -0.310 e. The second-order valence-electron chi connectivity index (χ2n) is 5.11. The molecule has 96 valence electrons. The lowest BCUT2D eigenvalue weighted by Crippen LogP contribution is -2.24. The Hall–Kier alpha value is -0.530. The highest BCUT2D eigenvalue weighted by Gasteiger charge is 2.16. The molecule has 0 spiro atoms. The predicted octanol–water partition coefficient (Wildman–Crippen LogP) is 4.74. The van der Waals surface area contributed by atoms with Crippen LogP contribution in [0, 0.1) is 12.8 Å². The molecule has 0 aromatic heterocycles. The summed E-state index contributed by atoms with van der Waals surface area (Å²) in [4.78, 5) is 0. The van der Waals surface area contributed by atoms with E-state index in [9.17, 15) is 0 Å². The lowest BCUT2D eigenvalue weighted by molar-refractivity contribution is 0.430. The van der Waals surface area contributed by atoms with Crippen molar-refractivity contribution >= 4 is 11.6 Å². The van der Waals surface area contributed by atoms with Crippen LogP contribution in [-0.4, -0.2) is 6.54 Å². The number of benzene rings is 1. The van der Waals surface area contributed by atoms with Gasteiger partial charge in [0.1, 0.15) is 0 Å². The van der Waals surface area contributed by atoms with E-state index in [1.807, 2.05) is 0 Å². The Kier molecular flexibility index (Phi) is 6.01. The fourth-order valence-corrected chi connectivity index (χ4v) is 2.31. The molecule has 1 rings (SSSR count). The van der Waals surface area contributed by atoms with Crippen molar-refractivity contribution in [3.8, 4) is 0 Å². The van der Waals surface area contributed by atoms with Gasteiger partial charge in [0.15, 0.2) is 0 Å². The maximum Gasteiger partial charge on any atom is 0.0482 e. The van der Waals surface area contributed by atoms with Crippen molar-refractivity contribution in [1.29, 1.82) is 0 Å². The Bertz CT molecular complexity index is 347. The van der Waals surface area contributed by atoms with Gasteiger partial charge in [0.05, 0.1) is 0 Å². The quantitative estimate of drug-likeness (QED) is 0.773. The van der Waals surface area contributed by atoms with Gasteiger partial charge in [-0.25, -0.2) is 0 Å². The summed E-state index contributed by atoms with van der Waals surface area (Å²) >= 11 is 6.41. The van der Waals surface area contributed by atoms with E-state index in [4.69, 9.17) is 11.6 Å². The van der Waals surface area contributed by atoms with Gasteiger partial charge < -0.3 is 5.32 Å². The zero-order valence-electron chi connectivity index (χ0n) is 11.4. The Balaban J connectivity index is 2.90. The van der Waals surface area contributed by atoms with E-state index < -0.39 is 0 Å². The molecule has 0 aliphatic rings. The molecule has 2 heteroatoms. The van der Waals surface area contributed by atoms with Crippen molar-refractivity contribution in [2.24, 2.45) is 5.92 Å². The molecule has 0 heterocycles. The summed E-state index contributed by atoms with van der Waals surface area (Å²) in [6.45, 7) is 9.81. The number of hydrogen-bond donors (Lipinski definition) is 1. The summed E-state index contributed by atoms with van der Waals surface area (Å²) in [7, 11) is 0. The van der Waals surface area contributed by atoms with Crippen LogP contribution in [0.4, 0.5) is 0 Å². The lowest BCUT2D eigenvalue weighted by atomic mass is 9.95. The molecule has 1 aromatic carbocycles. The zero-order valence-corrected chi connectivity index (χ0v) is 12.1. The smallest absolute Gasteiger partial charge is 0.0482 e. The van der Waals surface area contributed by atoms with E-state index in [0.29, 0.717) is 12.0 Å². The number of aryl methyl sites for hydroxylation is 1. The third-order valence-corrected chi connectivity index (χ3v) is 3.46. The normalized spacial score (nSPS) is 13.1. The van der Waals surface area contributed by atoms with Crippen molar-refractivity contribution in [3.05, 3.63) is 34.3 Å². The summed E-state index contributed by atoms with van der Waals surface area (Å²) in [5, 5.41) is 4.52. The molecule has 0 saturated heterocycles. The standard InChI is InChI=1S/C15H24ClN/c1-5-9-17-14(10-11(2)3)13-8-6-7-12(4)15(13)16/h6-8,11,14,17H,5,9-10H2,1-4H3. The molecule has 0 aliphatic carbocycles. The Morgan fingerprint density at radius 3 is 2.59 bits per heavy atom. The number of halogens is 1. The summed E-state index contributed by atoms with van der Waals surface area (Å²) in [5.74, 6) is 0.668. The van der Waals surface area contributed by atoms with Crippen LogP contribution in [0.1, 0.15) is 50.8 Å². The highest BCUT2D eigenvalue weighted by Crippen LogP contribution is 2.29. The largest absolute Gasteiger partial charge is 0.310 e. The van der Waals surface area contributed by atoms with Gasteiger partial charge in [-0.1, -0.05) is 50.6 Å². The monoisotopic (exact) mass is 253 g/mol. The first kappa shape index (κ1) is 14.5. The lowest BCUT2D eigenvalue weighted by Gasteiger charge is -2.22. The van der Waals surface area contributed by atoms with Crippen molar-refractivity contribution in [3.63, 3.8) is 0 Å². The minimum absolute atomic E-state index is 0.377. The Morgan fingerprint density at radius 2 is 2.00 bits per heavy atom. The van der Waals surface area contributed by atoms with Gasteiger partial charge in [-0.3, -0.25) is 0 Å². The van der Waals surface area contributed by atoms with E-state index in [1.54, 1.807) is 0 Å². The highest BCUT2D eigenvalue weighted by atomic mass is 35.5. The van der Waals surface area contributed by atoms with E-state index >= 15 is 0 Å². The van der Waals surface area contributed by atoms with E-state index in [0.717, 1.165) is 30.0 Å². The van der Waals surface area contributed by atoms with Crippen molar-refractivity contribution < 1.29 is 0 Å². The van der Waals surface area contributed by atoms with Crippen molar-refractivity contribution in [2.75, 3.05) is 6.54 Å². The van der Waals surface area contributed by atoms with Gasteiger partial charge in [0.25, 0.3) is 0 Å². The minimum atomic E-state index is 0.377. The molecule has 1 N–H and O–H groups in total.